The van der Waals surface area contributed by atoms with Crippen LogP contribution in [-0.2, 0) is 22.7 Å². The second-order valence-electron chi connectivity index (χ2n) is 5.09. The molecule has 100 valence electrons. The zero-order chi connectivity index (χ0) is 13.2. The fourth-order valence-corrected chi connectivity index (χ4v) is 3.99. The molecule has 18 heavy (non-hydrogen) atoms. The van der Waals surface area contributed by atoms with Crippen molar-refractivity contribution in [3.63, 3.8) is 0 Å². The van der Waals surface area contributed by atoms with E-state index < -0.39 is 9.84 Å². The number of fused-ring (bicyclic) bond motifs is 1. The third-order valence-corrected chi connectivity index (χ3v) is 5.48. The van der Waals surface area contributed by atoms with Crippen LogP contribution in [0.15, 0.2) is 23.1 Å². The average molecular weight is 267 g/mol. The zero-order valence-corrected chi connectivity index (χ0v) is 11.7. The van der Waals surface area contributed by atoms with Crippen molar-refractivity contribution in [1.29, 1.82) is 0 Å². The monoisotopic (exact) mass is 267 g/mol. The summed E-state index contributed by atoms with van der Waals surface area (Å²) in [6.07, 6.45) is 5.12. The van der Waals surface area contributed by atoms with Crippen LogP contribution in [0.5, 0.6) is 0 Å². The first-order valence-corrected chi connectivity index (χ1v) is 8.28. The van der Waals surface area contributed by atoms with Crippen molar-refractivity contribution in [1.82, 2.24) is 0 Å². The fraction of sp³-hybridized carbons (Fsp3) is 0.571. The number of rotatable bonds is 4. The van der Waals surface area contributed by atoms with Crippen LogP contribution < -0.4 is 5.73 Å². The highest BCUT2D eigenvalue weighted by Gasteiger charge is 2.20. The van der Waals surface area contributed by atoms with Crippen molar-refractivity contribution in [2.75, 3.05) is 5.75 Å². The van der Waals surface area contributed by atoms with E-state index in [1.54, 1.807) is 6.07 Å². The maximum absolute atomic E-state index is 12.2. The van der Waals surface area contributed by atoms with E-state index in [-0.39, 0.29) is 11.8 Å². The summed E-state index contributed by atoms with van der Waals surface area (Å²) in [5.41, 5.74) is 8.26. The number of sulfone groups is 1. The van der Waals surface area contributed by atoms with Gasteiger partial charge in [0.2, 0.25) is 0 Å². The van der Waals surface area contributed by atoms with Crippen LogP contribution in [0, 0.1) is 0 Å². The molecule has 0 amide bonds. The Morgan fingerprint density at radius 3 is 2.56 bits per heavy atom. The molecule has 1 aromatic carbocycles. The van der Waals surface area contributed by atoms with Gasteiger partial charge in [-0.2, -0.15) is 0 Å². The normalized spacial score (nSPS) is 17.2. The Balaban J connectivity index is 2.28. The summed E-state index contributed by atoms with van der Waals surface area (Å²) in [5.74, 6) is 0.0439. The fourth-order valence-electron chi connectivity index (χ4n) is 2.40. The van der Waals surface area contributed by atoms with Gasteiger partial charge in [-0.1, -0.05) is 13.0 Å². The van der Waals surface area contributed by atoms with Crippen LogP contribution in [-0.4, -0.2) is 20.2 Å². The van der Waals surface area contributed by atoms with Crippen LogP contribution in [0.1, 0.15) is 37.3 Å². The van der Waals surface area contributed by atoms with Crippen LogP contribution in [0.3, 0.4) is 0 Å². The summed E-state index contributed by atoms with van der Waals surface area (Å²) in [4.78, 5) is 0.437. The van der Waals surface area contributed by atoms with E-state index >= 15 is 0 Å². The molecule has 0 radical (unpaired) electrons. The van der Waals surface area contributed by atoms with Gasteiger partial charge in [0.15, 0.2) is 9.84 Å². The number of benzene rings is 1. The van der Waals surface area contributed by atoms with Gasteiger partial charge < -0.3 is 5.73 Å². The molecule has 0 aliphatic heterocycles. The molecule has 0 heterocycles. The largest absolute Gasteiger partial charge is 0.327 e. The minimum Gasteiger partial charge on any atom is -0.327 e. The Morgan fingerprint density at radius 2 is 1.89 bits per heavy atom. The summed E-state index contributed by atoms with van der Waals surface area (Å²) >= 11 is 0. The lowest BCUT2D eigenvalue weighted by atomic mass is 9.92. The summed E-state index contributed by atoms with van der Waals surface area (Å²) in [6.45, 7) is 1.91. The zero-order valence-electron chi connectivity index (χ0n) is 10.9. The second kappa shape index (κ2) is 5.41. The third kappa shape index (κ3) is 2.93. The molecule has 1 aromatic rings. The van der Waals surface area contributed by atoms with E-state index in [9.17, 15) is 8.42 Å². The van der Waals surface area contributed by atoms with E-state index in [2.05, 4.69) is 0 Å². The predicted octanol–water partition coefficient (Wildman–Crippen LogP) is 2.08. The molecule has 1 atom stereocenters. The van der Waals surface area contributed by atoms with Gasteiger partial charge in [-0.3, -0.25) is 0 Å². The molecule has 1 aliphatic rings. The first-order valence-electron chi connectivity index (χ1n) is 6.63. The van der Waals surface area contributed by atoms with Crippen LogP contribution in [0.4, 0.5) is 0 Å². The van der Waals surface area contributed by atoms with Crippen molar-refractivity contribution < 1.29 is 8.42 Å². The lowest BCUT2D eigenvalue weighted by molar-refractivity contribution is 0.583. The molecular formula is C14H21NO2S. The second-order valence-corrected chi connectivity index (χ2v) is 7.12. The highest BCUT2D eigenvalue weighted by Crippen LogP contribution is 2.24. The molecule has 0 saturated carbocycles. The maximum Gasteiger partial charge on any atom is 0.179 e. The van der Waals surface area contributed by atoms with Gasteiger partial charge in [0.1, 0.15) is 0 Å². The van der Waals surface area contributed by atoms with E-state index in [4.69, 9.17) is 5.73 Å². The first kappa shape index (κ1) is 13.6. The van der Waals surface area contributed by atoms with E-state index in [0.717, 1.165) is 19.3 Å². The minimum atomic E-state index is -3.23. The molecular weight excluding hydrogens is 246 g/mol. The average Bonchev–Trinajstić information content (AvgIpc) is 2.37. The molecule has 0 spiro atoms. The number of nitrogens with two attached hydrogens (primary N) is 1. The molecule has 1 unspecified atom stereocenters. The van der Waals surface area contributed by atoms with Gasteiger partial charge in [0.05, 0.1) is 10.6 Å². The predicted molar refractivity (Wildman–Crippen MR) is 73.4 cm³/mol. The molecule has 0 saturated heterocycles. The van der Waals surface area contributed by atoms with Gasteiger partial charge in [-0.25, -0.2) is 8.42 Å². The lowest BCUT2D eigenvalue weighted by Crippen LogP contribution is -2.28. The summed E-state index contributed by atoms with van der Waals surface area (Å²) in [7, 11) is -3.23. The van der Waals surface area contributed by atoms with Crippen molar-refractivity contribution in [2.45, 2.75) is 50.0 Å². The Bertz CT molecular complexity index is 523. The Hall–Kier alpha value is -0.870. The first-order chi connectivity index (χ1) is 8.53. The maximum atomic E-state index is 12.2. The summed E-state index contributed by atoms with van der Waals surface area (Å²) in [5, 5.41) is 0. The van der Waals surface area contributed by atoms with E-state index in [1.807, 2.05) is 19.1 Å². The van der Waals surface area contributed by atoms with Crippen LogP contribution >= 0.6 is 0 Å². The van der Waals surface area contributed by atoms with Crippen molar-refractivity contribution in [3.8, 4) is 0 Å². The van der Waals surface area contributed by atoms with E-state index in [0.29, 0.717) is 11.3 Å². The van der Waals surface area contributed by atoms with Crippen molar-refractivity contribution >= 4 is 9.84 Å². The molecule has 0 fully saturated rings. The molecule has 2 rings (SSSR count). The summed E-state index contributed by atoms with van der Waals surface area (Å²) in [6, 6.07) is 5.29. The highest BCUT2D eigenvalue weighted by atomic mass is 32.2. The Labute approximate surface area is 109 Å². The van der Waals surface area contributed by atoms with E-state index in [1.165, 1.54) is 17.5 Å². The van der Waals surface area contributed by atoms with Crippen molar-refractivity contribution in [3.05, 3.63) is 29.3 Å². The minimum absolute atomic E-state index is 0.0439. The molecule has 3 nitrogen and oxygen atoms in total. The molecule has 0 bridgehead atoms. The van der Waals surface area contributed by atoms with Gasteiger partial charge in [-0.05, 0) is 55.4 Å². The SMILES string of the molecule is CCC(N)CS(=O)(=O)c1ccc2c(c1)CCCC2. The van der Waals surface area contributed by atoms with Gasteiger partial charge >= 0.3 is 0 Å². The number of aryl methyl sites for hydroxylation is 2. The Kier molecular flexibility index (Phi) is 4.07. The smallest absolute Gasteiger partial charge is 0.179 e. The quantitative estimate of drug-likeness (QED) is 0.908. The molecule has 4 heteroatoms. The van der Waals surface area contributed by atoms with Crippen LogP contribution in [0.2, 0.25) is 0 Å². The Morgan fingerprint density at radius 1 is 1.22 bits per heavy atom. The van der Waals surface area contributed by atoms with Gasteiger partial charge in [-0.15, -0.1) is 0 Å². The van der Waals surface area contributed by atoms with Gasteiger partial charge in [0, 0.05) is 6.04 Å². The standard InChI is InChI=1S/C14H21NO2S/c1-2-13(15)10-18(16,17)14-8-7-11-5-3-4-6-12(11)9-14/h7-9,13H,2-6,10,15H2,1H3. The van der Waals surface area contributed by atoms with Gasteiger partial charge in [0.25, 0.3) is 0 Å². The topological polar surface area (TPSA) is 60.2 Å². The molecule has 2 N–H and O–H groups in total. The third-order valence-electron chi connectivity index (χ3n) is 3.64. The molecule has 1 aliphatic carbocycles. The lowest BCUT2D eigenvalue weighted by Gasteiger charge is -2.17. The highest BCUT2D eigenvalue weighted by molar-refractivity contribution is 7.91. The van der Waals surface area contributed by atoms with Crippen molar-refractivity contribution in [2.24, 2.45) is 5.73 Å². The number of hydrogen-bond donors (Lipinski definition) is 1. The van der Waals surface area contributed by atoms with Crippen LogP contribution in [0.25, 0.3) is 0 Å². The number of hydrogen-bond acceptors (Lipinski definition) is 3. The summed E-state index contributed by atoms with van der Waals surface area (Å²) < 4.78 is 24.4. The molecule has 0 aromatic heterocycles.